The number of para-hydroxylation sites is 1. The molecule has 7 heteroatoms. The maximum atomic E-state index is 6.08. The van der Waals surface area contributed by atoms with E-state index in [9.17, 15) is 0 Å². The summed E-state index contributed by atoms with van der Waals surface area (Å²) in [4.78, 5) is 4.35. The summed E-state index contributed by atoms with van der Waals surface area (Å²) in [5, 5.41) is 11.1. The van der Waals surface area contributed by atoms with Crippen molar-refractivity contribution in [3.05, 3.63) is 48.3 Å². The molecular weight excluding hydrogens is 429 g/mol. The number of ether oxygens (including phenoxy) is 1. The summed E-state index contributed by atoms with van der Waals surface area (Å²) in [5.41, 5.74) is 0.965. The van der Waals surface area contributed by atoms with Crippen LogP contribution in [0.2, 0.25) is 0 Å². The lowest BCUT2D eigenvalue weighted by molar-refractivity contribution is 0.0694. The largest absolute Gasteiger partial charge is 0.487 e. The molecule has 0 spiro atoms. The van der Waals surface area contributed by atoms with Gasteiger partial charge in [0.05, 0.1) is 12.6 Å². The number of fused-ring (bicyclic) bond motifs is 1. The Morgan fingerprint density at radius 1 is 1.36 bits per heavy atom. The van der Waals surface area contributed by atoms with Gasteiger partial charge in [0, 0.05) is 38.0 Å². The minimum atomic E-state index is -0.208. The van der Waals surface area contributed by atoms with Gasteiger partial charge >= 0.3 is 0 Å². The van der Waals surface area contributed by atoms with Gasteiger partial charge in [0.15, 0.2) is 5.96 Å². The maximum absolute atomic E-state index is 6.08. The van der Waals surface area contributed by atoms with Crippen LogP contribution in [0.25, 0.3) is 0 Å². The topological polar surface area (TPSA) is 63.5 Å². The highest BCUT2D eigenvalue weighted by Crippen LogP contribution is 2.39. The molecule has 3 rings (SSSR count). The van der Waals surface area contributed by atoms with Crippen LogP contribution in [0.4, 0.5) is 0 Å². The summed E-state index contributed by atoms with van der Waals surface area (Å²) in [5.74, 6) is 1.73. The molecule has 0 aliphatic carbocycles. The number of aromatic nitrogens is 2. The first kappa shape index (κ1) is 19.6. The summed E-state index contributed by atoms with van der Waals surface area (Å²) in [6.07, 6.45) is 4.62. The van der Waals surface area contributed by atoms with E-state index in [1.54, 1.807) is 13.2 Å². The van der Waals surface area contributed by atoms with Gasteiger partial charge in [-0.2, -0.15) is 5.10 Å². The second-order valence-electron chi connectivity index (χ2n) is 6.57. The third kappa shape index (κ3) is 5.10. The van der Waals surface area contributed by atoms with Crippen molar-refractivity contribution in [2.75, 3.05) is 13.6 Å². The number of benzene rings is 1. The fourth-order valence-electron chi connectivity index (χ4n) is 3.01. The maximum Gasteiger partial charge on any atom is 0.191 e. The van der Waals surface area contributed by atoms with Crippen molar-refractivity contribution in [3.63, 3.8) is 0 Å². The number of nitrogens with one attached hydrogen (secondary N) is 2. The average molecular weight is 455 g/mol. The molecule has 0 fully saturated rings. The molecule has 2 aromatic rings. The second kappa shape index (κ2) is 8.55. The highest BCUT2D eigenvalue weighted by molar-refractivity contribution is 14.0. The van der Waals surface area contributed by atoms with Gasteiger partial charge < -0.3 is 15.4 Å². The van der Waals surface area contributed by atoms with Gasteiger partial charge in [0.25, 0.3) is 0 Å². The monoisotopic (exact) mass is 455 g/mol. The Balaban J connectivity index is 0.00000225. The van der Waals surface area contributed by atoms with E-state index in [-0.39, 0.29) is 35.6 Å². The van der Waals surface area contributed by atoms with Gasteiger partial charge in [0.2, 0.25) is 0 Å². The smallest absolute Gasteiger partial charge is 0.191 e. The zero-order valence-corrected chi connectivity index (χ0v) is 17.2. The Morgan fingerprint density at radius 2 is 2.16 bits per heavy atom. The zero-order chi connectivity index (χ0) is 17.0. The van der Waals surface area contributed by atoms with Crippen molar-refractivity contribution in [1.29, 1.82) is 0 Å². The molecule has 2 heterocycles. The molecule has 0 saturated heterocycles. The van der Waals surface area contributed by atoms with Crippen molar-refractivity contribution in [2.24, 2.45) is 4.99 Å². The van der Waals surface area contributed by atoms with E-state index in [0.29, 0.717) is 0 Å². The van der Waals surface area contributed by atoms with Crippen LogP contribution >= 0.6 is 24.0 Å². The summed E-state index contributed by atoms with van der Waals surface area (Å²) >= 11 is 0. The predicted octanol–water partition coefficient (Wildman–Crippen LogP) is 2.97. The highest BCUT2D eigenvalue weighted by Gasteiger charge is 2.33. The van der Waals surface area contributed by atoms with E-state index >= 15 is 0 Å². The number of hydrogen-bond donors (Lipinski definition) is 2. The molecule has 1 aromatic heterocycles. The molecule has 0 saturated carbocycles. The van der Waals surface area contributed by atoms with Crippen LogP contribution in [0.3, 0.4) is 0 Å². The van der Waals surface area contributed by atoms with Crippen molar-refractivity contribution >= 4 is 29.9 Å². The summed E-state index contributed by atoms with van der Waals surface area (Å²) < 4.78 is 7.98. The van der Waals surface area contributed by atoms with Crippen molar-refractivity contribution in [1.82, 2.24) is 20.4 Å². The third-order valence-corrected chi connectivity index (χ3v) is 4.10. The van der Waals surface area contributed by atoms with Gasteiger partial charge in [-0.05, 0) is 26.0 Å². The van der Waals surface area contributed by atoms with Gasteiger partial charge in [-0.25, -0.2) is 0 Å². The Labute approximate surface area is 166 Å². The summed E-state index contributed by atoms with van der Waals surface area (Å²) in [7, 11) is 1.79. The minimum Gasteiger partial charge on any atom is -0.487 e. The van der Waals surface area contributed by atoms with Crippen LogP contribution in [-0.4, -0.2) is 34.9 Å². The standard InChI is InChI=1S/C18H25N5O.HI/c1-18(2)13-15(14-7-4-5-8-16(14)24-18)22-17(19-3)20-10-12-23-11-6-9-21-23;/h4-9,11,15H,10,12-13H2,1-3H3,(H2,19,20,22);1H. The highest BCUT2D eigenvalue weighted by atomic mass is 127. The van der Waals surface area contributed by atoms with Crippen LogP contribution in [-0.2, 0) is 6.54 Å². The molecule has 6 nitrogen and oxygen atoms in total. The molecule has 136 valence electrons. The van der Waals surface area contributed by atoms with E-state index in [1.807, 2.05) is 35.1 Å². The Kier molecular flexibility index (Phi) is 6.69. The number of guanidine groups is 1. The van der Waals surface area contributed by atoms with Gasteiger partial charge in [0.1, 0.15) is 11.4 Å². The van der Waals surface area contributed by atoms with E-state index in [2.05, 4.69) is 40.6 Å². The second-order valence-corrected chi connectivity index (χ2v) is 6.57. The van der Waals surface area contributed by atoms with Gasteiger partial charge in [-0.1, -0.05) is 18.2 Å². The number of hydrogen-bond acceptors (Lipinski definition) is 3. The average Bonchev–Trinajstić information content (AvgIpc) is 3.06. The van der Waals surface area contributed by atoms with Crippen LogP contribution in [0, 0.1) is 0 Å². The SMILES string of the molecule is CN=C(NCCn1cccn1)NC1CC(C)(C)Oc2ccccc21.I. The Hall–Kier alpha value is -1.77. The van der Waals surface area contributed by atoms with E-state index in [1.165, 1.54) is 5.56 Å². The lowest BCUT2D eigenvalue weighted by Crippen LogP contribution is -2.45. The predicted molar refractivity (Wildman–Crippen MR) is 111 cm³/mol. The fraction of sp³-hybridized carbons (Fsp3) is 0.444. The number of aliphatic imine (C=N–C) groups is 1. The Bertz CT molecular complexity index is 699. The van der Waals surface area contributed by atoms with Gasteiger partial charge in [-0.3, -0.25) is 9.67 Å². The van der Waals surface area contributed by atoms with Crippen LogP contribution < -0.4 is 15.4 Å². The van der Waals surface area contributed by atoms with E-state index in [0.717, 1.165) is 31.2 Å². The van der Waals surface area contributed by atoms with Crippen molar-refractivity contribution in [3.8, 4) is 5.75 Å². The van der Waals surface area contributed by atoms with Crippen LogP contribution in [0.5, 0.6) is 5.75 Å². The van der Waals surface area contributed by atoms with Gasteiger partial charge in [-0.15, -0.1) is 24.0 Å². The minimum absolute atomic E-state index is 0. The summed E-state index contributed by atoms with van der Waals surface area (Å²) in [6, 6.07) is 10.3. The lowest BCUT2D eigenvalue weighted by atomic mass is 9.90. The molecule has 0 radical (unpaired) electrons. The fourth-order valence-corrected chi connectivity index (χ4v) is 3.01. The molecule has 1 aromatic carbocycles. The first-order chi connectivity index (χ1) is 11.6. The quantitative estimate of drug-likeness (QED) is 0.423. The lowest BCUT2D eigenvalue weighted by Gasteiger charge is -2.38. The number of rotatable bonds is 4. The molecule has 0 bridgehead atoms. The molecule has 0 amide bonds. The third-order valence-electron chi connectivity index (χ3n) is 4.10. The first-order valence-electron chi connectivity index (χ1n) is 8.30. The number of nitrogens with zero attached hydrogens (tertiary/aromatic N) is 3. The molecule has 25 heavy (non-hydrogen) atoms. The number of halogens is 1. The van der Waals surface area contributed by atoms with E-state index < -0.39 is 0 Å². The van der Waals surface area contributed by atoms with Crippen molar-refractivity contribution < 1.29 is 4.74 Å². The van der Waals surface area contributed by atoms with Crippen LogP contribution in [0.15, 0.2) is 47.7 Å². The zero-order valence-electron chi connectivity index (χ0n) is 14.9. The van der Waals surface area contributed by atoms with E-state index in [4.69, 9.17) is 4.74 Å². The molecule has 1 atom stereocenters. The first-order valence-corrected chi connectivity index (χ1v) is 8.30. The Morgan fingerprint density at radius 3 is 2.88 bits per heavy atom. The summed E-state index contributed by atoms with van der Waals surface area (Å²) in [6.45, 7) is 5.79. The van der Waals surface area contributed by atoms with Crippen LogP contribution in [0.1, 0.15) is 31.9 Å². The molecular formula is C18H26IN5O. The molecule has 1 aliphatic heterocycles. The van der Waals surface area contributed by atoms with Crippen molar-refractivity contribution in [2.45, 2.75) is 38.5 Å². The molecule has 2 N–H and O–H groups in total. The normalized spacial score (nSPS) is 18.5. The molecule has 1 unspecified atom stereocenters. The molecule has 1 aliphatic rings.